The van der Waals surface area contributed by atoms with Crippen LogP contribution in [0.3, 0.4) is 0 Å². The molecule has 0 radical (unpaired) electrons. The third-order valence-electron chi connectivity index (χ3n) is 4.39. The number of amides is 1. The molecule has 0 bridgehead atoms. The van der Waals surface area contributed by atoms with Gasteiger partial charge in [0.05, 0.1) is 0 Å². The summed E-state index contributed by atoms with van der Waals surface area (Å²) in [5.74, 6) is -1.14. The predicted molar refractivity (Wildman–Crippen MR) is 104 cm³/mol. The first kappa shape index (κ1) is 18.5. The molecule has 0 aliphatic rings. The van der Waals surface area contributed by atoms with E-state index in [-0.39, 0.29) is 23.1 Å². The van der Waals surface area contributed by atoms with Crippen LogP contribution in [0.4, 0.5) is 0 Å². The molecular formula is C22H21NO4. The van der Waals surface area contributed by atoms with Crippen molar-refractivity contribution in [1.29, 1.82) is 0 Å². The van der Waals surface area contributed by atoms with Gasteiger partial charge in [-0.15, -0.1) is 0 Å². The molecule has 138 valence electrons. The molecule has 1 atom stereocenters. The van der Waals surface area contributed by atoms with Gasteiger partial charge in [-0.2, -0.15) is 0 Å². The first-order chi connectivity index (χ1) is 13.0. The summed E-state index contributed by atoms with van der Waals surface area (Å²) in [6, 6.07) is 20.3. The lowest BCUT2D eigenvalue weighted by Crippen LogP contribution is -2.31. The average Bonchev–Trinajstić information content (AvgIpc) is 2.70. The van der Waals surface area contributed by atoms with Crippen molar-refractivity contribution < 1.29 is 19.4 Å². The van der Waals surface area contributed by atoms with Crippen molar-refractivity contribution in [3.8, 4) is 5.75 Å². The number of esters is 1. The van der Waals surface area contributed by atoms with E-state index >= 15 is 0 Å². The van der Waals surface area contributed by atoms with Crippen LogP contribution >= 0.6 is 0 Å². The third kappa shape index (κ3) is 4.64. The monoisotopic (exact) mass is 363 g/mol. The van der Waals surface area contributed by atoms with Gasteiger partial charge < -0.3 is 15.2 Å². The Bertz CT molecular complexity index is 953. The van der Waals surface area contributed by atoms with Crippen molar-refractivity contribution in [2.45, 2.75) is 12.8 Å². The fourth-order valence-corrected chi connectivity index (χ4v) is 2.82. The van der Waals surface area contributed by atoms with Gasteiger partial charge in [-0.25, -0.2) is 4.79 Å². The Morgan fingerprint density at radius 3 is 2.33 bits per heavy atom. The molecule has 1 amide bonds. The highest BCUT2D eigenvalue weighted by atomic mass is 16.5. The Hall–Kier alpha value is -3.34. The average molecular weight is 363 g/mol. The van der Waals surface area contributed by atoms with E-state index in [2.05, 4.69) is 5.32 Å². The van der Waals surface area contributed by atoms with Crippen molar-refractivity contribution in [2.24, 2.45) is 0 Å². The van der Waals surface area contributed by atoms with E-state index in [1.54, 1.807) is 6.07 Å². The van der Waals surface area contributed by atoms with Gasteiger partial charge in [0, 0.05) is 6.54 Å². The van der Waals surface area contributed by atoms with Gasteiger partial charge >= 0.3 is 5.97 Å². The Labute approximate surface area is 157 Å². The van der Waals surface area contributed by atoms with Crippen molar-refractivity contribution in [1.82, 2.24) is 5.32 Å². The van der Waals surface area contributed by atoms with Gasteiger partial charge in [0.2, 0.25) is 0 Å². The van der Waals surface area contributed by atoms with Crippen LogP contribution in [0.2, 0.25) is 0 Å². The number of aromatic hydroxyl groups is 1. The summed E-state index contributed by atoms with van der Waals surface area (Å²) in [6.07, 6.45) is 0. The standard InChI is InChI=1S/C22H21NO4/c1-15(16-7-3-2-4-8-16)13-23-21(25)14-27-22(26)19-11-17-9-5-6-10-18(17)12-20(19)24/h2-12,15,24H,13-14H2,1H3,(H,23,25)/t15-/m0/s1. The summed E-state index contributed by atoms with van der Waals surface area (Å²) in [7, 11) is 0. The molecule has 2 N–H and O–H groups in total. The molecule has 3 aromatic rings. The zero-order chi connectivity index (χ0) is 19.2. The maximum atomic E-state index is 12.2. The Morgan fingerprint density at radius 1 is 1.00 bits per heavy atom. The third-order valence-corrected chi connectivity index (χ3v) is 4.39. The van der Waals surface area contributed by atoms with Crippen LogP contribution in [0.1, 0.15) is 28.8 Å². The predicted octanol–water partition coefficient (Wildman–Crippen LogP) is 3.62. The summed E-state index contributed by atoms with van der Waals surface area (Å²) in [5, 5.41) is 14.4. The largest absolute Gasteiger partial charge is 0.507 e. The molecule has 27 heavy (non-hydrogen) atoms. The second kappa shape index (κ2) is 8.36. The number of benzene rings is 3. The zero-order valence-corrected chi connectivity index (χ0v) is 15.0. The minimum atomic E-state index is -0.732. The van der Waals surface area contributed by atoms with Gasteiger partial charge in [-0.05, 0) is 34.4 Å². The first-order valence-corrected chi connectivity index (χ1v) is 8.75. The SMILES string of the molecule is C[C@@H](CNC(=O)COC(=O)c1cc2ccccc2cc1O)c1ccccc1. The van der Waals surface area contributed by atoms with E-state index < -0.39 is 12.6 Å². The number of hydrogen-bond acceptors (Lipinski definition) is 4. The molecule has 0 spiro atoms. The Morgan fingerprint density at radius 2 is 1.63 bits per heavy atom. The quantitative estimate of drug-likeness (QED) is 0.656. The minimum Gasteiger partial charge on any atom is -0.507 e. The van der Waals surface area contributed by atoms with Crippen LogP contribution in [-0.2, 0) is 9.53 Å². The summed E-state index contributed by atoms with van der Waals surface area (Å²) < 4.78 is 5.05. The lowest BCUT2D eigenvalue weighted by Gasteiger charge is -2.13. The molecule has 3 rings (SSSR count). The number of carbonyl (C=O) groups is 2. The molecule has 5 nitrogen and oxygen atoms in total. The summed E-state index contributed by atoms with van der Waals surface area (Å²) in [4.78, 5) is 24.2. The maximum Gasteiger partial charge on any atom is 0.342 e. The number of phenolic OH excluding ortho intramolecular Hbond substituents is 1. The molecule has 0 aromatic heterocycles. The number of phenols is 1. The van der Waals surface area contributed by atoms with Crippen molar-refractivity contribution in [3.63, 3.8) is 0 Å². The van der Waals surface area contributed by atoms with Gasteiger partial charge in [-0.1, -0.05) is 61.5 Å². The Balaban J connectivity index is 1.54. The molecule has 0 saturated carbocycles. The molecular weight excluding hydrogens is 342 g/mol. The fraction of sp³-hybridized carbons (Fsp3) is 0.182. The van der Waals surface area contributed by atoms with E-state index in [0.29, 0.717) is 6.54 Å². The van der Waals surface area contributed by atoms with Crippen molar-refractivity contribution in [2.75, 3.05) is 13.2 Å². The lowest BCUT2D eigenvalue weighted by atomic mass is 10.0. The molecule has 0 unspecified atom stereocenters. The molecule has 0 saturated heterocycles. The number of hydrogen-bond donors (Lipinski definition) is 2. The highest BCUT2D eigenvalue weighted by Gasteiger charge is 2.16. The van der Waals surface area contributed by atoms with Crippen LogP contribution in [-0.4, -0.2) is 30.1 Å². The number of ether oxygens (including phenoxy) is 1. The van der Waals surface area contributed by atoms with E-state index in [4.69, 9.17) is 4.74 Å². The van der Waals surface area contributed by atoms with Crippen LogP contribution < -0.4 is 5.32 Å². The van der Waals surface area contributed by atoms with Crippen molar-refractivity contribution in [3.05, 3.63) is 77.9 Å². The van der Waals surface area contributed by atoms with Crippen LogP contribution in [0.25, 0.3) is 10.8 Å². The topological polar surface area (TPSA) is 75.6 Å². The van der Waals surface area contributed by atoms with Crippen LogP contribution in [0.15, 0.2) is 66.7 Å². The summed E-state index contributed by atoms with van der Waals surface area (Å²) in [6.45, 7) is 2.06. The molecule has 0 aliphatic heterocycles. The number of rotatable bonds is 6. The van der Waals surface area contributed by atoms with Crippen LogP contribution in [0.5, 0.6) is 5.75 Å². The number of nitrogens with one attached hydrogen (secondary N) is 1. The summed E-state index contributed by atoms with van der Waals surface area (Å²) >= 11 is 0. The number of carbonyl (C=O) groups excluding carboxylic acids is 2. The van der Waals surface area contributed by atoms with E-state index in [1.807, 2.05) is 61.5 Å². The van der Waals surface area contributed by atoms with Gasteiger partial charge in [0.1, 0.15) is 11.3 Å². The molecule has 0 heterocycles. The molecule has 5 heteroatoms. The van der Waals surface area contributed by atoms with Gasteiger partial charge in [-0.3, -0.25) is 4.79 Å². The lowest BCUT2D eigenvalue weighted by molar-refractivity contribution is -0.124. The van der Waals surface area contributed by atoms with E-state index in [9.17, 15) is 14.7 Å². The van der Waals surface area contributed by atoms with E-state index in [0.717, 1.165) is 16.3 Å². The smallest absolute Gasteiger partial charge is 0.342 e. The fourth-order valence-electron chi connectivity index (χ4n) is 2.82. The molecule has 3 aromatic carbocycles. The highest BCUT2D eigenvalue weighted by Crippen LogP contribution is 2.25. The molecule has 0 fully saturated rings. The highest BCUT2D eigenvalue weighted by molar-refractivity contribution is 5.99. The van der Waals surface area contributed by atoms with E-state index in [1.165, 1.54) is 6.07 Å². The molecule has 0 aliphatic carbocycles. The first-order valence-electron chi connectivity index (χ1n) is 8.75. The zero-order valence-electron chi connectivity index (χ0n) is 15.0. The van der Waals surface area contributed by atoms with Gasteiger partial charge in [0.25, 0.3) is 5.91 Å². The number of fused-ring (bicyclic) bond motifs is 1. The van der Waals surface area contributed by atoms with Crippen molar-refractivity contribution >= 4 is 22.6 Å². The minimum absolute atomic E-state index is 0.0409. The van der Waals surface area contributed by atoms with Crippen LogP contribution in [0, 0.1) is 0 Å². The van der Waals surface area contributed by atoms with Gasteiger partial charge in [0.15, 0.2) is 6.61 Å². The second-order valence-corrected chi connectivity index (χ2v) is 6.41. The maximum absolute atomic E-state index is 12.2. The Kier molecular flexibility index (Phi) is 5.71. The second-order valence-electron chi connectivity index (χ2n) is 6.41. The normalized spacial score (nSPS) is 11.7. The summed E-state index contributed by atoms with van der Waals surface area (Å²) in [5.41, 5.74) is 1.16.